The van der Waals surface area contributed by atoms with Crippen LogP contribution in [-0.4, -0.2) is 34.8 Å². The Morgan fingerprint density at radius 2 is 2.00 bits per heavy atom. The number of anilines is 2. The van der Waals surface area contributed by atoms with Crippen molar-refractivity contribution in [1.29, 1.82) is 0 Å². The van der Waals surface area contributed by atoms with Gasteiger partial charge in [0.1, 0.15) is 5.82 Å². The van der Waals surface area contributed by atoms with E-state index in [2.05, 4.69) is 15.7 Å². The lowest BCUT2D eigenvalue weighted by Crippen LogP contribution is -2.51. The number of hydrazine groups is 1. The number of aromatic nitrogens is 1. The third kappa shape index (κ3) is 2.57. The highest BCUT2D eigenvalue weighted by atomic mass is 16.6. The van der Waals surface area contributed by atoms with Gasteiger partial charge in [0.15, 0.2) is 0 Å². The van der Waals surface area contributed by atoms with E-state index in [-0.39, 0.29) is 30.4 Å². The smallest absolute Gasteiger partial charge is 0.311 e. The number of pyridine rings is 1. The highest BCUT2D eigenvalue weighted by Gasteiger charge is 2.29. The molecule has 0 atom stereocenters. The summed E-state index contributed by atoms with van der Waals surface area (Å²) in [5.74, 6) is 4.21. The van der Waals surface area contributed by atoms with Gasteiger partial charge in [-0.05, 0) is 6.07 Å². The zero-order valence-corrected chi connectivity index (χ0v) is 9.62. The normalized spacial score (nSPS) is 15.1. The molecule has 100 valence electrons. The predicted molar refractivity (Wildman–Crippen MR) is 64.1 cm³/mol. The number of nitrogen functional groups attached to an aromatic ring is 1. The number of imide groups is 1. The third-order valence-electron chi connectivity index (χ3n) is 2.45. The fraction of sp³-hybridized carbons (Fsp3) is 0.222. The number of piperazine rings is 1. The summed E-state index contributed by atoms with van der Waals surface area (Å²) < 4.78 is 0. The second-order valence-electron chi connectivity index (χ2n) is 3.77. The largest absolute Gasteiger partial charge is 0.332 e. The molecule has 0 bridgehead atoms. The number of hydrogen-bond acceptors (Lipinski definition) is 8. The van der Waals surface area contributed by atoms with Crippen LogP contribution in [0.4, 0.5) is 17.3 Å². The zero-order chi connectivity index (χ0) is 14.0. The molecule has 19 heavy (non-hydrogen) atoms. The van der Waals surface area contributed by atoms with Crippen molar-refractivity contribution in [3.8, 4) is 0 Å². The minimum Gasteiger partial charge on any atom is -0.332 e. The predicted octanol–water partition coefficient (Wildman–Crippen LogP) is -1.26. The molecular weight excluding hydrogens is 256 g/mol. The van der Waals surface area contributed by atoms with Crippen LogP contribution in [0.5, 0.6) is 0 Å². The Bertz CT molecular complexity index is 544. The van der Waals surface area contributed by atoms with Crippen LogP contribution >= 0.6 is 0 Å². The molecule has 10 heteroatoms. The number of nitrogens with one attached hydrogen (secondary N) is 2. The van der Waals surface area contributed by atoms with Gasteiger partial charge in [0.05, 0.1) is 18.0 Å². The van der Waals surface area contributed by atoms with Gasteiger partial charge in [-0.1, -0.05) is 0 Å². The first-order valence-electron chi connectivity index (χ1n) is 5.21. The van der Waals surface area contributed by atoms with Gasteiger partial charge < -0.3 is 10.3 Å². The first-order valence-corrected chi connectivity index (χ1v) is 5.21. The topological polar surface area (TPSA) is 143 Å². The molecule has 2 rings (SSSR count). The molecule has 10 nitrogen and oxygen atoms in total. The summed E-state index contributed by atoms with van der Waals surface area (Å²) in [5.41, 5.74) is 1.94. The molecule has 0 unspecified atom stereocenters. The summed E-state index contributed by atoms with van der Waals surface area (Å²) in [4.78, 5) is 38.0. The monoisotopic (exact) mass is 266 g/mol. The molecule has 1 aliphatic heterocycles. The molecule has 1 aromatic rings. The van der Waals surface area contributed by atoms with Gasteiger partial charge >= 0.3 is 5.69 Å². The molecule has 4 N–H and O–H groups in total. The minimum atomic E-state index is -0.639. The molecule has 0 aliphatic carbocycles. The molecule has 0 radical (unpaired) electrons. The van der Waals surface area contributed by atoms with Crippen molar-refractivity contribution in [2.75, 3.05) is 23.4 Å². The van der Waals surface area contributed by atoms with E-state index in [9.17, 15) is 19.7 Å². The third-order valence-corrected chi connectivity index (χ3v) is 2.45. The van der Waals surface area contributed by atoms with E-state index in [1.54, 1.807) is 0 Å². The number of carbonyl (C=O) groups is 2. The number of rotatable bonds is 3. The Labute approximate surface area is 106 Å². The molecule has 0 aromatic carbocycles. The van der Waals surface area contributed by atoms with Gasteiger partial charge in [-0.15, -0.1) is 0 Å². The Morgan fingerprint density at radius 3 is 2.53 bits per heavy atom. The van der Waals surface area contributed by atoms with Crippen molar-refractivity contribution in [1.82, 2.24) is 10.3 Å². The molecule has 1 aliphatic rings. The standard InChI is InChI=1S/C9H10N6O4/c10-13-6-2-1-5(15(18)19)9(11-6)14-3-7(16)12-8(17)4-14/h1-2H,3-4,10H2,(H,11,13)(H,12,16,17). The van der Waals surface area contributed by atoms with Crippen LogP contribution in [-0.2, 0) is 9.59 Å². The highest BCUT2D eigenvalue weighted by Crippen LogP contribution is 2.27. The van der Waals surface area contributed by atoms with Crippen LogP contribution < -0.4 is 21.5 Å². The van der Waals surface area contributed by atoms with Crippen LogP contribution in [0.25, 0.3) is 0 Å². The SMILES string of the molecule is NNc1ccc([N+](=O)[O-])c(N2CC(=O)NC(=O)C2)n1. The van der Waals surface area contributed by atoms with Crippen molar-refractivity contribution in [3.63, 3.8) is 0 Å². The van der Waals surface area contributed by atoms with Crippen molar-refractivity contribution in [3.05, 3.63) is 22.2 Å². The number of nitrogens with two attached hydrogens (primary N) is 1. The maximum absolute atomic E-state index is 11.3. The molecule has 1 aromatic heterocycles. The second kappa shape index (κ2) is 4.86. The zero-order valence-electron chi connectivity index (χ0n) is 9.62. The average molecular weight is 266 g/mol. The summed E-state index contributed by atoms with van der Waals surface area (Å²) in [7, 11) is 0. The van der Waals surface area contributed by atoms with Crippen molar-refractivity contribution >= 4 is 29.1 Å². The van der Waals surface area contributed by atoms with Gasteiger partial charge in [-0.3, -0.25) is 25.0 Å². The minimum absolute atomic E-state index is 0.0800. The fourth-order valence-corrected chi connectivity index (χ4v) is 1.68. The molecular formula is C9H10N6O4. The van der Waals surface area contributed by atoms with E-state index in [1.165, 1.54) is 17.0 Å². The van der Waals surface area contributed by atoms with E-state index in [4.69, 9.17) is 5.84 Å². The van der Waals surface area contributed by atoms with Gasteiger partial charge in [-0.2, -0.15) is 0 Å². The summed E-state index contributed by atoms with van der Waals surface area (Å²) in [6, 6.07) is 2.53. The van der Waals surface area contributed by atoms with Gasteiger partial charge in [0.2, 0.25) is 17.6 Å². The van der Waals surface area contributed by atoms with Crippen LogP contribution in [0.2, 0.25) is 0 Å². The molecule has 1 saturated heterocycles. The quantitative estimate of drug-likeness (QED) is 0.266. The van der Waals surface area contributed by atoms with Crippen molar-refractivity contribution < 1.29 is 14.5 Å². The summed E-state index contributed by atoms with van der Waals surface area (Å²) in [5, 5.41) is 13.0. The first-order chi connectivity index (χ1) is 9.01. The number of amides is 2. The molecule has 2 heterocycles. The van der Waals surface area contributed by atoms with Gasteiger partial charge in [0, 0.05) is 6.07 Å². The molecule has 0 spiro atoms. The molecule has 1 fully saturated rings. The number of carbonyl (C=O) groups excluding carboxylic acids is 2. The maximum atomic E-state index is 11.3. The Balaban J connectivity index is 2.43. The lowest BCUT2D eigenvalue weighted by molar-refractivity contribution is -0.384. The van der Waals surface area contributed by atoms with Crippen LogP contribution in [0.3, 0.4) is 0 Å². The van der Waals surface area contributed by atoms with E-state index < -0.39 is 16.7 Å². The summed E-state index contributed by atoms with van der Waals surface area (Å²) >= 11 is 0. The van der Waals surface area contributed by atoms with E-state index >= 15 is 0 Å². The van der Waals surface area contributed by atoms with Crippen LogP contribution in [0, 0.1) is 10.1 Å². The van der Waals surface area contributed by atoms with Gasteiger partial charge in [0.25, 0.3) is 0 Å². The Kier molecular flexibility index (Phi) is 3.25. The number of hydrogen-bond donors (Lipinski definition) is 3. The molecule has 2 amide bonds. The summed E-state index contributed by atoms with van der Waals surface area (Å²) in [6.45, 7) is -0.374. The number of nitro groups is 1. The van der Waals surface area contributed by atoms with Crippen LogP contribution in [0.1, 0.15) is 0 Å². The highest BCUT2D eigenvalue weighted by molar-refractivity contribution is 6.02. The van der Waals surface area contributed by atoms with E-state index in [1.807, 2.05) is 0 Å². The Hall–Kier alpha value is -2.75. The number of nitrogens with zero attached hydrogens (tertiary/aromatic N) is 3. The van der Waals surface area contributed by atoms with Crippen molar-refractivity contribution in [2.24, 2.45) is 5.84 Å². The lowest BCUT2D eigenvalue weighted by Gasteiger charge is -2.26. The molecule has 0 saturated carbocycles. The van der Waals surface area contributed by atoms with Crippen LogP contribution in [0.15, 0.2) is 12.1 Å². The second-order valence-corrected chi connectivity index (χ2v) is 3.77. The van der Waals surface area contributed by atoms with Gasteiger partial charge in [-0.25, -0.2) is 10.8 Å². The fourth-order valence-electron chi connectivity index (χ4n) is 1.68. The van der Waals surface area contributed by atoms with E-state index in [0.29, 0.717) is 0 Å². The lowest BCUT2D eigenvalue weighted by atomic mass is 10.3. The average Bonchev–Trinajstić information content (AvgIpc) is 2.36. The first kappa shape index (κ1) is 12.7. The van der Waals surface area contributed by atoms with E-state index in [0.717, 1.165) is 0 Å². The van der Waals surface area contributed by atoms with Crippen molar-refractivity contribution in [2.45, 2.75) is 0 Å². The maximum Gasteiger partial charge on any atom is 0.311 e. The Morgan fingerprint density at radius 1 is 1.37 bits per heavy atom. The summed E-state index contributed by atoms with van der Waals surface area (Å²) in [6.07, 6.45) is 0.